The van der Waals surface area contributed by atoms with Crippen LogP contribution in [0.1, 0.15) is 61.3 Å². The lowest BCUT2D eigenvalue weighted by molar-refractivity contribution is 0.0698. The Morgan fingerprint density at radius 2 is 2.05 bits per heavy atom. The summed E-state index contributed by atoms with van der Waals surface area (Å²) in [6.07, 6.45) is 5.96. The molecule has 1 fully saturated rings. The number of imidazole rings is 1. The molecule has 1 aliphatic rings. The fourth-order valence-electron chi connectivity index (χ4n) is 3.70. The maximum absolute atomic E-state index is 11.5. The molecule has 0 bridgehead atoms. The van der Waals surface area contributed by atoms with Crippen molar-refractivity contribution >= 4 is 17.0 Å². The molecular formula is C17H22N2O2. The highest BCUT2D eigenvalue weighted by Crippen LogP contribution is 2.37. The second-order valence-electron chi connectivity index (χ2n) is 6.09. The number of aromatic nitrogens is 2. The molecule has 1 heterocycles. The number of carboxylic acid groups (broad SMARTS) is 1. The van der Waals surface area contributed by atoms with Crippen molar-refractivity contribution in [1.82, 2.24) is 9.55 Å². The zero-order valence-electron chi connectivity index (χ0n) is 12.7. The Balaban J connectivity index is 2.06. The van der Waals surface area contributed by atoms with E-state index >= 15 is 0 Å². The van der Waals surface area contributed by atoms with Gasteiger partial charge < -0.3 is 9.67 Å². The van der Waals surface area contributed by atoms with Crippen LogP contribution in [-0.2, 0) is 0 Å². The molecule has 0 spiro atoms. The first-order chi connectivity index (χ1) is 10.1. The van der Waals surface area contributed by atoms with Gasteiger partial charge in [0.2, 0.25) is 0 Å². The lowest BCUT2D eigenvalue weighted by atomic mass is 9.84. The van der Waals surface area contributed by atoms with Gasteiger partial charge in [-0.05, 0) is 50.7 Å². The zero-order valence-corrected chi connectivity index (χ0v) is 12.7. The number of carbonyl (C=O) groups is 1. The number of benzene rings is 1. The highest BCUT2D eigenvalue weighted by molar-refractivity contribution is 6.01. The molecule has 112 valence electrons. The topological polar surface area (TPSA) is 55.1 Å². The molecule has 4 nitrogen and oxygen atoms in total. The number of rotatable bonds is 3. The van der Waals surface area contributed by atoms with E-state index in [2.05, 4.69) is 16.5 Å². The molecule has 2 aromatic rings. The van der Waals surface area contributed by atoms with Crippen LogP contribution in [-0.4, -0.2) is 20.6 Å². The molecule has 21 heavy (non-hydrogen) atoms. The smallest absolute Gasteiger partial charge is 0.337 e. The van der Waals surface area contributed by atoms with Gasteiger partial charge in [0.15, 0.2) is 0 Å². The van der Waals surface area contributed by atoms with Gasteiger partial charge in [0.25, 0.3) is 0 Å². The van der Waals surface area contributed by atoms with E-state index in [4.69, 9.17) is 0 Å². The summed E-state index contributed by atoms with van der Waals surface area (Å²) >= 11 is 0. The number of hydrogen-bond donors (Lipinski definition) is 1. The van der Waals surface area contributed by atoms with Crippen molar-refractivity contribution in [2.45, 2.75) is 52.0 Å². The summed E-state index contributed by atoms with van der Waals surface area (Å²) in [4.78, 5) is 16.1. The minimum absolute atomic E-state index is 0.366. The van der Waals surface area contributed by atoms with Crippen molar-refractivity contribution in [2.24, 2.45) is 5.92 Å². The van der Waals surface area contributed by atoms with E-state index in [1.807, 2.05) is 13.0 Å². The van der Waals surface area contributed by atoms with E-state index in [0.29, 0.717) is 11.6 Å². The third kappa shape index (κ3) is 2.43. The number of carboxylic acids is 1. The molecule has 4 heteroatoms. The van der Waals surface area contributed by atoms with Crippen LogP contribution in [0, 0.1) is 12.8 Å². The van der Waals surface area contributed by atoms with Crippen molar-refractivity contribution in [1.29, 1.82) is 0 Å². The molecule has 1 saturated carbocycles. The van der Waals surface area contributed by atoms with Crippen LogP contribution in [0.4, 0.5) is 0 Å². The maximum atomic E-state index is 11.5. The summed E-state index contributed by atoms with van der Waals surface area (Å²) in [5, 5.41) is 9.45. The van der Waals surface area contributed by atoms with Gasteiger partial charge >= 0.3 is 5.97 Å². The summed E-state index contributed by atoms with van der Waals surface area (Å²) in [6.45, 7) is 4.24. The van der Waals surface area contributed by atoms with Gasteiger partial charge in [-0.2, -0.15) is 0 Å². The normalized spacial score (nSPS) is 22.6. The van der Waals surface area contributed by atoms with Crippen molar-refractivity contribution in [3.05, 3.63) is 29.6 Å². The molecule has 0 amide bonds. The highest BCUT2D eigenvalue weighted by atomic mass is 16.4. The molecule has 1 aromatic heterocycles. The summed E-state index contributed by atoms with van der Waals surface area (Å²) in [6, 6.07) is 5.75. The van der Waals surface area contributed by atoms with Gasteiger partial charge in [-0.25, -0.2) is 9.78 Å². The first-order valence-corrected chi connectivity index (χ1v) is 7.82. The van der Waals surface area contributed by atoms with Crippen molar-refractivity contribution < 1.29 is 9.90 Å². The second kappa shape index (κ2) is 5.51. The lowest BCUT2D eigenvalue weighted by Gasteiger charge is -2.30. The summed E-state index contributed by atoms with van der Waals surface area (Å²) in [5.41, 5.74) is 1.96. The van der Waals surface area contributed by atoms with Crippen molar-refractivity contribution in [3.63, 3.8) is 0 Å². The summed E-state index contributed by atoms with van der Waals surface area (Å²) < 4.78 is 2.17. The third-order valence-corrected chi connectivity index (χ3v) is 4.88. The fourth-order valence-corrected chi connectivity index (χ4v) is 3.70. The zero-order chi connectivity index (χ0) is 15.0. The minimum Gasteiger partial charge on any atom is -0.478 e. The number of nitrogens with zero attached hydrogens (tertiary/aromatic N) is 2. The van der Waals surface area contributed by atoms with Gasteiger partial charge in [-0.3, -0.25) is 0 Å². The van der Waals surface area contributed by atoms with Crippen LogP contribution >= 0.6 is 0 Å². The average Bonchev–Trinajstić information content (AvgIpc) is 2.83. The van der Waals surface area contributed by atoms with E-state index in [-0.39, 0.29) is 0 Å². The van der Waals surface area contributed by atoms with Crippen molar-refractivity contribution in [3.8, 4) is 0 Å². The molecule has 3 rings (SSSR count). The van der Waals surface area contributed by atoms with E-state index < -0.39 is 5.97 Å². The maximum Gasteiger partial charge on any atom is 0.337 e. The standard InChI is InChI=1S/C17H22N2O2/c1-3-12-7-9-13(10-8-12)19-11(2)18-15-6-4-5-14(16(15)19)17(20)21/h4-6,12-13H,3,7-10H2,1-2H3,(H,20,21). The van der Waals surface area contributed by atoms with Gasteiger partial charge in [0.05, 0.1) is 16.6 Å². The van der Waals surface area contributed by atoms with E-state index in [9.17, 15) is 9.90 Å². The van der Waals surface area contributed by atoms with Crippen LogP contribution < -0.4 is 0 Å². The van der Waals surface area contributed by atoms with Gasteiger partial charge in [0, 0.05) is 6.04 Å². The van der Waals surface area contributed by atoms with Gasteiger partial charge in [-0.1, -0.05) is 19.4 Å². The van der Waals surface area contributed by atoms with E-state index in [1.165, 1.54) is 19.3 Å². The first-order valence-electron chi connectivity index (χ1n) is 7.82. The number of para-hydroxylation sites is 1. The Morgan fingerprint density at radius 3 is 2.67 bits per heavy atom. The molecule has 0 saturated heterocycles. The average molecular weight is 286 g/mol. The van der Waals surface area contributed by atoms with Crippen LogP contribution in [0.5, 0.6) is 0 Å². The quantitative estimate of drug-likeness (QED) is 0.920. The molecule has 0 unspecified atom stereocenters. The predicted molar refractivity (Wildman–Crippen MR) is 82.7 cm³/mol. The summed E-state index contributed by atoms with van der Waals surface area (Å²) in [5.74, 6) is 0.887. The van der Waals surface area contributed by atoms with Crippen LogP contribution in [0.15, 0.2) is 18.2 Å². The number of aryl methyl sites for hydroxylation is 1. The SMILES string of the molecule is CCC1CCC(n2c(C)nc3cccc(C(=O)O)c32)CC1. The highest BCUT2D eigenvalue weighted by Gasteiger charge is 2.25. The summed E-state index contributed by atoms with van der Waals surface area (Å²) in [7, 11) is 0. The Bertz CT molecular complexity index is 667. The Morgan fingerprint density at radius 1 is 1.33 bits per heavy atom. The van der Waals surface area contributed by atoms with E-state index in [0.717, 1.165) is 35.6 Å². The van der Waals surface area contributed by atoms with Crippen molar-refractivity contribution in [2.75, 3.05) is 0 Å². The van der Waals surface area contributed by atoms with Crippen LogP contribution in [0.2, 0.25) is 0 Å². The molecule has 1 N–H and O–H groups in total. The molecular weight excluding hydrogens is 264 g/mol. The number of fused-ring (bicyclic) bond motifs is 1. The Labute approximate surface area is 124 Å². The fraction of sp³-hybridized carbons (Fsp3) is 0.529. The Hall–Kier alpha value is -1.84. The van der Waals surface area contributed by atoms with Gasteiger partial charge in [-0.15, -0.1) is 0 Å². The minimum atomic E-state index is -0.871. The third-order valence-electron chi connectivity index (χ3n) is 4.88. The molecule has 1 aromatic carbocycles. The Kier molecular flexibility index (Phi) is 3.70. The monoisotopic (exact) mass is 286 g/mol. The second-order valence-corrected chi connectivity index (χ2v) is 6.09. The lowest BCUT2D eigenvalue weighted by Crippen LogP contribution is -2.19. The molecule has 1 aliphatic carbocycles. The van der Waals surface area contributed by atoms with Gasteiger partial charge in [0.1, 0.15) is 5.82 Å². The molecule has 0 aliphatic heterocycles. The first kappa shape index (κ1) is 14.1. The largest absolute Gasteiger partial charge is 0.478 e. The molecule has 0 atom stereocenters. The molecule has 0 radical (unpaired) electrons. The number of aromatic carboxylic acids is 1. The number of hydrogen-bond acceptors (Lipinski definition) is 2. The van der Waals surface area contributed by atoms with Crippen LogP contribution in [0.25, 0.3) is 11.0 Å². The van der Waals surface area contributed by atoms with Crippen LogP contribution in [0.3, 0.4) is 0 Å². The predicted octanol–water partition coefficient (Wildman–Crippen LogP) is 4.18. The van der Waals surface area contributed by atoms with E-state index in [1.54, 1.807) is 12.1 Å².